The standard InChI is InChI=1S/C24H28N4O5/c1-15-12-20-22(24(29)28(15)7-6-27-8-10-32-11-9-27)21(18(14-25)23(26)33-20)17-5-4-16(30-2)13-19(17)31-3/h4-5,12-13,21H,6-11,26H2,1-3H3. The van der Waals surface area contributed by atoms with Crippen molar-refractivity contribution in [2.24, 2.45) is 5.73 Å². The Labute approximate surface area is 192 Å². The molecule has 174 valence electrons. The van der Waals surface area contributed by atoms with E-state index in [0.717, 1.165) is 25.3 Å². The fourth-order valence-electron chi connectivity index (χ4n) is 4.40. The molecule has 0 spiro atoms. The summed E-state index contributed by atoms with van der Waals surface area (Å²) in [7, 11) is 3.10. The molecule has 1 aromatic carbocycles. The topological polar surface area (TPSA) is 112 Å². The number of benzene rings is 1. The van der Waals surface area contributed by atoms with Crippen LogP contribution in [0, 0.1) is 18.3 Å². The van der Waals surface area contributed by atoms with Gasteiger partial charge in [0, 0.05) is 49.6 Å². The van der Waals surface area contributed by atoms with Gasteiger partial charge in [0.1, 0.15) is 28.9 Å². The smallest absolute Gasteiger partial charge is 0.258 e. The Bertz CT molecular complexity index is 1170. The second kappa shape index (κ2) is 9.57. The van der Waals surface area contributed by atoms with Gasteiger partial charge in [-0.2, -0.15) is 5.26 Å². The molecule has 9 nitrogen and oxygen atoms in total. The van der Waals surface area contributed by atoms with Gasteiger partial charge < -0.3 is 29.2 Å². The van der Waals surface area contributed by atoms with Crippen molar-refractivity contribution in [2.75, 3.05) is 47.1 Å². The van der Waals surface area contributed by atoms with E-state index in [-0.39, 0.29) is 17.0 Å². The first-order valence-electron chi connectivity index (χ1n) is 10.8. The highest BCUT2D eigenvalue weighted by Gasteiger charge is 2.36. The van der Waals surface area contributed by atoms with Crippen LogP contribution in [0.1, 0.15) is 22.7 Å². The zero-order chi connectivity index (χ0) is 23.5. The highest BCUT2D eigenvalue weighted by atomic mass is 16.5. The molecular weight excluding hydrogens is 424 g/mol. The van der Waals surface area contributed by atoms with Crippen LogP contribution >= 0.6 is 0 Å². The van der Waals surface area contributed by atoms with Crippen molar-refractivity contribution < 1.29 is 18.9 Å². The largest absolute Gasteiger partial charge is 0.497 e. The molecule has 2 aliphatic rings. The van der Waals surface area contributed by atoms with Crippen LogP contribution in [0.2, 0.25) is 0 Å². The van der Waals surface area contributed by atoms with E-state index in [1.165, 1.54) is 7.11 Å². The Morgan fingerprint density at radius 3 is 2.61 bits per heavy atom. The molecule has 2 aliphatic heterocycles. The van der Waals surface area contributed by atoms with Gasteiger partial charge in [-0.1, -0.05) is 6.07 Å². The highest BCUT2D eigenvalue weighted by Crippen LogP contribution is 2.44. The van der Waals surface area contributed by atoms with E-state index in [2.05, 4.69) is 11.0 Å². The molecule has 1 saturated heterocycles. The molecule has 4 rings (SSSR count). The molecule has 2 N–H and O–H groups in total. The number of methoxy groups -OCH3 is 2. The SMILES string of the molecule is COc1ccc(C2C(C#N)=C(N)Oc3cc(C)n(CCN4CCOCC4)c(=O)c32)c(OC)c1. The van der Waals surface area contributed by atoms with Crippen LogP contribution in [0.25, 0.3) is 0 Å². The number of aromatic nitrogens is 1. The Hall–Kier alpha value is -3.48. The number of pyridine rings is 1. The van der Waals surface area contributed by atoms with E-state index in [1.54, 1.807) is 35.9 Å². The second-order valence-corrected chi connectivity index (χ2v) is 8.01. The van der Waals surface area contributed by atoms with Crippen molar-refractivity contribution in [3.05, 3.63) is 62.9 Å². The molecule has 1 unspecified atom stereocenters. The number of nitriles is 1. The number of fused-ring (bicyclic) bond motifs is 1. The second-order valence-electron chi connectivity index (χ2n) is 8.01. The fraction of sp³-hybridized carbons (Fsp3) is 0.417. The maximum absolute atomic E-state index is 13.8. The minimum Gasteiger partial charge on any atom is -0.497 e. The molecule has 3 heterocycles. The molecule has 2 aromatic rings. The van der Waals surface area contributed by atoms with Crippen LogP contribution in [0.15, 0.2) is 40.5 Å². The lowest BCUT2D eigenvalue weighted by Gasteiger charge is -2.29. The van der Waals surface area contributed by atoms with E-state index in [1.807, 2.05) is 6.92 Å². The lowest BCUT2D eigenvalue weighted by molar-refractivity contribution is 0.0362. The van der Waals surface area contributed by atoms with Gasteiger partial charge in [-0.15, -0.1) is 0 Å². The van der Waals surface area contributed by atoms with E-state index < -0.39 is 5.92 Å². The first-order chi connectivity index (χ1) is 16.0. The molecule has 9 heteroatoms. The molecule has 0 bridgehead atoms. The zero-order valence-electron chi connectivity index (χ0n) is 19.1. The monoisotopic (exact) mass is 452 g/mol. The number of morpholine rings is 1. The Morgan fingerprint density at radius 1 is 1.18 bits per heavy atom. The van der Waals surface area contributed by atoms with E-state index >= 15 is 0 Å². The number of allylic oxidation sites excluding steroid dienone is 1. The van der Waals surface area contributed by atoms with Gasteiger partial charge in [0.15, 0.2) is 0 Å². The molecule has 1 fully saturated rings. The molecule has 0 saturated carbocycles. The number of aryl methyl sites for hydroxylation is 1. The van der Waals surface area contributed by atoms with Gasteiger partial charge in [0.2, 0.25) is 5.88 Å². The third kappa shape index (κ3) is 4.27. The summed E-state index contributed by atoms with van der Waals surface area (Å²) in [6.45, 7) is 6.18. The van der Waals surface area contributed by atoms with Crippen molar-refractivity contribution in [1.29, 1.82) is 5.26 Å². The molecule has 1 atom stereocenters. The Balaban J connectivity index is 1.82. The molecule has 33 heavy (non-hydrogen) atoms. The lowest BCUT2D eigenvalue weighted by Crippen LogP contribution is -2.40. The highest BCUT2D eigenvalue weighted by molar-refractivity contribution is 5.59. The van der Waals surface area contributed by atoms with Crippen LogP contribution in [-0.2, 0) is 11.3 Å². The van der Waals surface area contributed by atoms with Gasteiger partial charge in [-0.3, -0.25) is 9.69 Å². The number of rotatable bonds is 6. The predicted molar refractivity (Wildman–Crippen MR) is 122 cm³/mol. The minimum absolute atomic E-state index is 0.0160. The molecule has 0 amide bonds. The molecule has 1 aromatic heterocycles. The van der Waals surface area contributed by atoms with Gasteiger partial charge in [0.05, 0.1) is 38.9 Å². The molecular formula is C24H28N4O5. The van der Waals surface area contributed by atoms with Gasteiger partial charge >= 0.3 is 0 Å². The summed E-state index contributed by atoms with van der Waals surface area (Å²) in [4.78, 5) is 16.1. The third-order valence-electron chi connectivity index (χ3n) is 6.19. The van der Waals surface area contributed by atoms with Crippen LogP contribution in [0.5, 0.6) is 17.2 Å². The number of nitrogens with two attached hydrogens (primary N) is 1. The fourth-order valence-corrected chi connectivity index (χ4v) is 4.40. The van der Waals surface area contributed by atoms with E-state index in [9.17, 15) is 10.1 Å². The lowest BCUT2D eigenvalue weighted by atomic mass is 9.83. The summed E-state index contributed by atoms with van der Waals surface area (Å²) in [6, 6.07) is 9.23. The Morgan fingerprint density at radius 2 is 1.94 bits per heavy atom. The predicted octanol–water partition coefficient (Wildman–Crippen LogP) is 1.72. The third-order valence-corrected chi connectivity index (χ3v) is 6.19. The summed E-state index contributed by atoms with van der Waals surface area (Å²) < 4.78 is 23.8. The summed E-state index contributed by atoms with van der Waals surface area (Å²) in [6.07, 6.45) is 0. The van der Waals surface area contributed by atoms with Crippen molar-refractivity contribution in [2.45, 2.75) is 19.4 Å². The average Bonchev–Trinajstić information content (AvgIpc) is 2.83. The summed E-state index contributed by atoms with van der Waals surface area (Å²) >= 11 is 0. The van der Waals surface area contributed by atoms with Crippen molar-refractivity contribution >= 4 is 0 Å². The maximum Gasteiger partial charge on any atom is 0.258 e. The first-order valence-corrected chi connectivity index (χ1v) is 10.8. The number of hydrogen-bond acceptors (Lipinski definition) is 8. The van der Waals surface area contributed by atoms with Crippen LogP contribution in [0.3, 0.4) is 0 Å². The van der Waals surface area contributed by atoms with E-state index in [4.69, 9.17) is 24.7 Å². The van der Waals surface area contributed by atoms with Crippen molar-refractivity contribution in [3.63, 3.8) is 0 Å². The minimum atomic E-state index is -0.720. The number of hydrogen-bond donors (Lipinski definition) is 1. The van der Waals surface area contributed by atoms with Crippen LogP contribution in [-0.4, -0.2) is 56.5 Å². The number of ether oxygens (including phenoxy) is 4. The molecule has 0 radical (unpaired) electrons. The van der Waals surface area contributed by atoms with Crippen LogP contribution in [0.4, 0.5) is 0 Å². The average molecular weight is 453 g/mol. The van der Waals surface area contributed by atoms with Crippen LogP contribution < -0.4 is 25.5 Å². The Kier molecular flexibility index (Phi) is 6.58. The maximum atomic E-state index is 13.8. The summed E-state index contributed by atoms with van der Waals surface area (Å²) in [5, 5.41) is 9.91. The van der Waals surface area contributed by atoms with Crippen molar-refractivity contribution in [1.82, 2.24) is 9.47 Å². The number of nitrogens with zero attached hydrogens (tertiary/aromatic N) is 3. The van der Waals surface area contributed by atoms with Gasteiger partial charge in [-0.05, 0) is 13.0 Å². The van der Waals surface area contributed by atoms with Gasteiger partial charge in [0.25, 0.3) is 5.56 Å². The van der Waals surface area contributed by atoms with E-state index in [0.29, 0.717) is 48.1 Å². The molecule has 0 aliphatic carbocycles. The zero-order valence-corrected chi connectivity index (χ0v) is 19.1. The normalized spacial score (nSPS) is 18.3. The summed E-state index contributed by atoms with van der Waals surface area (Å²) in [5.41, 5.74) is 7.86. The summed E-state index contributed by atoms with van der Waals surface area (Å²) in [5.74, 6) is 0.720. The van der Waals surface area contributed by atoms with Gasteiger partial charge in [-0.25, -0.2) is 0 Å². The first kappa shape index (κ1) is 22.7. The van der Waals surface area contributed by atoms with Crippen molar-refractivity contribution in [3.8, 4) is 23.3 Å². The quantitative estimate of drug-likeness (QED) is 0.705.